The van der Waals surface area contributed by atoms with E-state index in [9.17, 15) is 4.79 Å². The Balaban J connectivity index is 2.67. The lowest BCUT2D eigenvalue weighted by molar-refractivity contribution is -0.131. The van der Waals surface area contributed by atoms with Crippen molar-refractivity contribution in [1.29, 1.82) is 0 Å². The average Bonchev–Trinajstić information content (AvgIpc) is 2.61. The molecule has 88 valence electrons. The van der Waals surface area contributed by atoms with Crippen LogP contribution in [0.15, 0.2) is 18.2 Å². The second-order valence-electron chi connectivity index (χ2n) is 3.82. The van der Waals surface area contributed by atoms with E-state index in [2.05, 4.69) is 0 Å². The molecule has 1 aromatic rings. The number of hydrogen-bond acceptors (Lipinski definition) is 3. The fraction of sp³-hybridized carbons (Fsp3) is 0.417. The molecule has 2 N–H and O–H groups in total. The van der Waals surface area contributed by atoms with Gasteiger partial charge in [-0.3, -0.25) is 0 Å². The molecule has 0 radical (unpaired) electrons. The van der Waals surface area contributed by atoms with Crippen molar-refractivity contribution in [3.05, 3.63) is 28.0 Å². The summed E-state index contributed by atoms with van der Waals surface area (Å²) in [7, 11) is 0. The van der Waals surface area contributed by atoms with E-state index in [1.807, 2.05) is 12.1 Å². The van der Waals surface area contributed by atoms with Crippen LogP contribution in [0.4, 0.5) is 0 Å². The molecular weight excluding hydrogens is 224 g/mol. The van der Waals surface area contributed by atoms with Crippen molar-refractivity contribution < 1.29 is 15.0 Å². The topological polar surface area (TPSA) is 57.5 Å². The third-order valence-electron chi connectivity index (χ3n) is 2.20. The molecule has 0 saturated heterocycles. The SMILES string of the molecule is C/C(=C\C(=O)O)c1ccc(CCC(C)O)s1. The molecule has 0 spiro atoms. The fourth-order valence-electron chi connectivity index (χ4n) is 1.33. The molecule has 1 unspecified atom stereocenters. The van der Waals surface area contributed by atoms with Gasteiger partial charge in [-0.15, -0.1) is 11.3 Å². The number of carboxylic acid groups (broad SMARTS) is 1. The Kier molecular flexibility index (Phi) is 4.71. The second-order valence-corrected chi connectivity index (χ2v) is 4.99. The maximum Gasteiger partial charge on any atom is 0.328 e. The standard InChI is InChI=1S/C12H16O3S/c1-8(7-12(14)15)11-6-5-10(16-11)4-3-9(2)13/h5-7,9,13H,3-4H2,1-2H3,(H,14,15)/b8-7+. The normalized spacial score (nSPS) is 13.8. The van der Waals surface area contributed by atoms with Gasteiger partial charge in [-0.25, -0.2) is 4.79 Å². The molecule has 0 aromatic carbocycles. The lowest BCUT2D eigenvalue weighted by Crippen LogP contribution is -1.99. The van der Waals surface area contributed by atoms with Crippen molar-refractivity contribution >= 4 is 22.9 Å². The van der Waals surface area contributed by atoms with Crippen LogP contribution in [-0.4, -0.2) is 22.3 Å². The van der Waals surface area contributed by atoms with Gasteiger partial charge < -0.3 is 10.2 Å². The molecule has 0 aliphatic carbocycles. The van der Waals surface area contributed by atoms with E-state index in [0.29, 0.717) is 0 Å². The minimum Gasteiger partial charge on any atom is -0.478 e. The maximum atomic E-state index is 10.5. The van der Waals surface area contributed by atoms with Crippen LogP contribution < -0.4 is 0 Å². The number of carbonyl (C=O) groups is 1. The molecule has 0 amide bonds. The third kappa shape index (κ3) is 4.16. The van der Waals surface area contributed by atoms with E-state index in [1.54, 1.807) is 25.2 Å². The van der Waals surface area contributed by atoms with Crippen molar-refractivity contribution in [3.63, 3.8) is 0 Å². The lowest BCUT2D eigenvalue weighted by atomic mass is 10.2. The number of carboxylic acids is 1. The molecule has 4 heteroatoms. The number of aliphatic hydroxyl groups excluding tert-OH is 1. The Morgan fingerprint density at radius 1 is 1.56 bits per heavy atom. The first-order chi connectivity index (χ1) is 7.49. The van der Waals surface area contributed by atoms with Crippen LogP contribution in [0.25, 0.3) is 5.57 Å². The maximum absolute atomic E-state index is 10.5. The van der Waals surface area contributed by atoms with Crippen molar-refractivity contribution in [2.45, 2.75) is 32.8 Å². The predicted molar refractivity (Wildman–Crippen MR) is 65.6 cm³/mol. The molecule has 1 rings (SSSR count). The Morgan fingerprint density at radius 3 is 2.81 bits per heavy atom. The second kappa shape index (κ2) is 5.82. The summed E-state index contributed by atoms with van der Waals surface area (Å²) < 4.78 is 0. The molecule has 16 heavy (non-hydrogen) atoms. The van der Waals surface area contributed by atoms with Gasteiger partial charge >= 0.3 is 5.97 Å². The average molecular weight is 240 g/mol. The van der Waals surface area contributed by atoms with E-state index >= 15 is 0 Å². The fourth-order valence-corrected chi connectivity index (χ4v) is 2.33. The number of aliphatic hydroxyl groups is 1. The molecule has 0 bridgehead atoms. The van der Waals surface area contributed by atoms with Crippen LogP contribution in [0, 0.1) is 0 Å². The Hall–Kier alpha value is -1.13. The molecule has 0 aliphatic heterocycles. The number of aliphatic carboxylic acids is 1. The molecule has 0 aliphatic rings. The zero-order chi connectivity index (χ0) is 12.1. The summed E-state index contributed by atoms with van der Waals surface area (Å²) in [6.45, 7) is 3.56. The van der Waals surface area contributed by atoms with Gasteiger partial charge in [0.1, 0.15) is 0 Å². The van der Waals surface area contributed by atoms with Gasteiger partial charge in [0, 0.05) is 15.8 Å². The Morgan fingerprint density at radius 2 is 2.25 bits per heavy atom. The first kappa shape index (κ1) is 12.9. The summed E-state index contributed by atoms with van der Waals surface area (Å²) in [6, 6.07) is 3.92. The van der Waals surface area contributed by atoms with E-state index < -0.39 is 5.97 Å². The van der Waals surface area contributed by atoms with Gasteiger partial charge in [-0.2, -0.15) is 0 Å². The molecule has 1 atom stereocenters. The van der Waals surface area contributed by atoms with E-state index in [-0.39, 0.29) is 6.10 Å². The van der Waals surface area contributed by atoms with Crippen molar-refractivity contribution in [2.24, 2.45) is 0 Å². The zero-order valence-corrected chi connectivity index (χ0v) is 10.3. The molecule has 1 heterocycles. The van der Waals surface area contributed by atoms with Crippen LogP contribution in [0.3, 0.4) is 0 Å². The predicted octanol–water partition coefficient (Wildman–Crippen LogP) is 2.55. The van der Waals surface area contributed by atoms with Crippen LogP contribution >= 0.6 is 11.3 Å². The number of rotatable bonds is 5. The van der Waals surface area contributed by atoms with Gasteiger partial charge in [0.05, 0.1) is 6.10 Å². The Labute approximate surface area is 99.1 Å². The summed E-state index contributed by atoms with van der Waals surface area (Å²) in [5, 5.41) is 17.8. The highest BCUT2D eigenvalue weighted by Crippen LogP contribution is 2.25. The summed E-state index contributed by atoms with van der Waals surface area (Å²) in [5.41, 5.74) is 0.765. The summed E-state index contributed by atoms with van der Waals surface area (Å²) >= 11 is 1.58. The summed E-state index contributed by atoms with van der Waals surface area (Å²) in [5.74, 6) is -0.920. The molecule has 3 nitrogen and oxygen atoms in total. The van der Waals surface area contributed by atoms with Crippen molar-refractivity contribution in [2.75, 3.05) is 0 Å². The van der Waals surface area contributed by atoms with Gasteiger partial charge in [0.2, 0.25) is 0 Å². The first-order valence-electron chi connectivity index (χ1n) is 5.17. The van der Waals surface area contributed by atoms with Crippen LogP contribution in [0.1, 0.15) is 30.0 Å². The molecule has 0 saturated carbocycles. The van der Waals surface area contributed by atoms with E-state index in [4.69, 9.17) is 10.2 Å². The summed E-state index contributed by atoms with van der Waals surface area (Å²) in [6.07, 6.45) is 2.50. The largest absolute Gasteiger partial charge is 0.478 e. The van der Waals surface area contributed by atoms with Crippen molar-refractivity contribution in [1.82, 2.24) is 0 Å². The van der Waals surface area contributed by atoms with Gasteiger partial charge in [-0.1, -0.05) is 0 Å². The smallest absolute Gasteiger partial charge is 0.328 e. The van der Waals surface area contributed by atoms with Crippen molar-refractivity contribution in [3.8, 4) is 0 Å². The number of aryl methyl sites for hydroxylation is 1. The van der Waals surface area contributed by atoms with Gasteiger partial charge in [-0.05, 0) is 44.4 Å². The Bertz CT molecular complexity index is 391. The first-order valence-corrected chi connectivity index (χ1v) is 5.99. The number of hydrogen-bond donors (Lipinski definition) is 2. The minimum absolute atomic E-state index is 0.291. The minimum atomic E-state index is -0.920. The number of thiophene rings is 1. The highest BCUT2D eigenvalue weighted by molar-refractivity contribution is 7.13. The molecule has 1 aromatic heterocycles. The third-order valence-corrected chi connectivity index (χ3v) is 3.48. The van der Waals surface area contributed by atoms with Crippen LogP contribution in [0.2, 0.25) is 0 Å². The zero-order valence-electron chi connectivity index (χ0n) is 9.43. The summed E-state index contributed by atoms with van der Waals surface area (Å²) in [4.78, 5) is 12.7. The van der Waals surface area contributed by atoms with Crippen LogP contribution in [0.5, 0.6) is 0 Å². The molecular formula is C12H16O3S. The molecule has 0 fully saturated rings. The highest BCUT2D eigenvalue weighted by Gasteiger charge is 2.04. The number of allylic oxidation sites excluding steroid dienone is 1. The van der Waals surface area contributed by atoms with E-state index in [0.717, 1.165) is 23.3 Å². The highest BCUT2D eigenvalue weighted by atomic mass is 32.1. The van der Waals surface area contributed by atoms with Crippen LogP contribution in [-0.2, 0) is 11.2 Å². The van der Waals surface area contributed by atoms with Gasteiger partial charge in [0.25, 0.3) is 0 Å². The monoisotopic (exact) mass is 240 g/mol. The lowest BCUT2D eigenvalue weighted by Gasteiger charge is -2.00. The van der Waals surface area contributed by atoms with E-state index in [1.165, 1.54) is 11.0 Å². The quantitative estimate of drug-likeness (QED) is 0.778. The van der Waals surface area contributed by atoms with Gasteiger partial charge in [0.15, 0.2) is 0 Å².